The van der Waals surface area contributed by atoms with Gasteiger partial charge >= 0.3 is 0 Å². The summed E-state index contributed by atoms with van der Waals surface area (Å²) in [7, 11) is 0. The fourth-order valence-corrected chi connectivity index (χ4v) is 1.22. The Morgan fingerprint density at radius 3 is 2.43 bits per heavy atom. The second-order valence-electron chi connectivity index (χ2n) is 2.72. The highest BCUT2D eigenvalue weighted by molar-refractivity contribution is 6.31. The van der Waals surface area contributed by atoms with Crippen LogP contribution in [-0.4, -0.2) is 5.78 Å². The molecular formula is C9H6ClF3O. The van der Waals surface area contributed by atoms with Gasteiger partial charge in [0.15, 0.2) is 11.6 Å². The van der Waals surface area contributed by atoms with Gasteiger partial charge in [-0.2, -0.15) is 0 Å². The Hall–Kier alpha value is -1.03. The van der Waals surface area contributed by atoms with Crippen molar-refractivity contribution in [3.05, 3.63) is 34.1 Å². The zero-order valence-electron chi connectivity index (χ0n) is 7.15. The third-order valence-electron chi connectivity index (χ3n) is 1.68. The van der Waals surface area contributed by atoms with Crippen molar-refractivity contribution in [2.24, 2.45) is 0 Å². The first-order valence-corrected chi connectivity index (χ1v) is 4.09. The van der Waals surface area contributed by atoms with E-state index in [1.165, 1.54) is 0 Å². The van der Waals surface area contributed by atoms with E-state index in [9.17, 15) is 18.0 Å². The number of alkyl halides is 2. The molecule has 1 aromatic rings. The van der Waals surface area contributed by atoms with E-state index in [1.807, 2.05) is 0 Å². The Balaban J connectivity index is 3.35. The minimum Gasteiger partial charge on any atom is -0.294 e. The van der Waals surface area contributed by atoms with E-state index in [1.54, 1.807) is 0 Å². The molecular weight excluding hydrogens is 217 g/mol. The molecule has 76 valence electrons. The van der Waals surface area contributed by atoms with Crippen molar-refractivity contribution < 1.29 is 18.0 Å². The van der Waals surface area contributed by atoms with E-state index in [4.69, 9.17) is 11.6 Å². The molecule has 0 unspecified atom stereocenters. The lowest BCUT2D eigenvalue weighted by molar-refractivity contribution is 0.101. The third-order valence-corrected chi connectivity index (χ3v) is 1.96. The van der Waals surface area contributed by atoms with Gasteiger partial charge in [0.1, 0.15) is 0 Å². The SMILES string of the molecule is CC(=O)c1cc(C(F)F)cc(Cl)c1F. The summed E-state index contributed by atoms with van der Waals surface area (Å²) in [5, 5.41) is -0.465. The Morgan fingerprint density at radius 2 is 2.00 bits per heavy atom. The van der Waals surface area contributed by atoms with Gasteiger partial charge in [0.05, 0.1) is 10.6 Å². The molecule has 0 saturated heterocycles. The highest BCUT2D eigenvalue weighted by Gasteiger charge is 2.16. The number of carbonyl (C=O) groups is 1. The maximum absolute atomic E-state index is 13.1. The van der Waals surface area contributed by atoms with Crippen molar-refractivity contribution in [1.29, 1.82) is 0 Å². The number of halogens is 4. The molecule has 5 heteroatoms. The molecule has 0 aromatic heterocycles. The molecule has 14 heavy (non-hydrogen) atoms. The summed E-state index contributed by atoms with van der Waals surface area (Å²) in [6.07, 6.45) is -2.77. The molecule has 0 amide bonds. The quantitative estimate of drug-likeness (QED) is 0.699. The molecule has 1 nitrogen and oxygen atoms in total. The first-order chi connectivity index (χ1) is 6.43. The molecule has 0 spiro atoms. The Kier molecular flexibility index (Phi) is 3.16. The molecule has 0 N–H and O–H groups in total. The molecule has 0 atom stereocenters. The van der Waals surface area contributed by atoms with E-state index in [-0.39, 0.29) is 0 Å². The van der Waals surface area contributed by atoms with Gasteiger partial charge in [-0.15, -0.1) is 0 Å². The van der Waals surface area contributed by atoms with Crippen LogP contribution in [0.3, 0.4) is 0 Å². The monoisotopic (exact) mass is 222 g/mol. The lowest BCUT2D eigenvalue weighted by atomic mass is 10.1. The van der Waals surface area contributed by atoms with Gasteiger partial charge in [0, 0.05) is 5.56 Å². The average Bonchev–Trinajstić information content (AvgIpc) is 2.08. The average molecular weight is 223 g/mol. The van der Waals surface area contributed by atoms with Crippen molar-refractivity contribution >= 4 is 17.4 Å². The molecule has 0 aliphatic heterocycles. The fraction of sp³-hybridized carbons (Fsp3) is 0.222. The summed E-state index contributed by atoms with van der Waals surface area (Å²) in [4.78, 5) is 10.8. The van der Waals surface area contributed by atoms with Gasteiger partial charge in [-0.1, -0.05) is 11.6 Å². The van der Waals surface area contributed by atoms with E-state index in [2.05, 4.69) is 0 Å². The minimum absolute atomic E-state index is 0.409. The van der Waals surface area contributed by atoms with Crippen LogP contribution in [0, 0.1) is 5.82 Å². The van der Waals surface area contributed by atoms with Crippen molar-refractivity contribution in [2.75, 3.05) is 0 Å². The van der Waals surface area contributed by atoms with Crippen LogP contribution >= 0.6 is 11.6 Å². The zero-order valence-corrected chi connectivity index (χ0v) is 7.91. The summed E-state index contributed by atoms with van der Waals surface area (Å²) >= 11 is 5.35. The first-order valence-electron chi connectivity index (χ1n) is 3.71. The van der Waals surface area contributed by atoms with E-state index < -0.39 is 34.2 Å². The largest absolute Gasteiger partial charge is 0.294 e. The van der Waals surface area contributed by atoms with Crippen molar-refractivity contribution in [3.63, 3.8) is 0 Å². The van der Waals surface area contributed by atoms with Gasteiger partial charge in [-0.05, 0) is 19.1 Å². The highest BCUT2D eigenvalue weighted by Crippen LogP contribution is 2.27. The fourth-order valence-electron chi connectivity index (χ4n) is 0.992. The minimum atomic E-state index is -2.77. The van der Waals surface area contributed by atoms with Crippen LogP contribution < -0.4 is 0 Å². The molecule has 0 saturated carbocycles. The lowest BCUT2D eigenvalue weighted by Gasteiger charge is -2.05. The van der Waals surface area contributed by atoms with Crippen LogP contribution in [0.2, 0.25) is 5.02 Å². The molecule has 1 rings (SSSR count). The summed E-state index contributed by atoms with van der Waals surface area (Å²) in [5.74, 6) is -1.59. The van der Waals surface area contributed by atoms with E-state index in [0.717, 1.165) is 19.1 Å². The zero-order chi connectivity index (χ0) is 10.9. The smallest absolute Gasteiger partial charge is 0.263 e. The standard InChI is InChI=1S/C9H6ClF3O/c1-4(14)6-2-5(9(12)13)3-7(10)8(6)11/h2-3,9H,1H3. The van der Waals surface area contributed by atoms with Gasteiger partial charge in [-0.3, -0.25) is 4.79 Å². The maximum atomic E-state index is 13.1. The highest BCUT2D eigenvalue weighted by atomic mass is 35.5. The Bertz CT molecular complexity index is 377. The van der Waals surface area contributed by atoms with Crippen LogP contribution in [0.1, 0.15) is 29.3 Å². The number of rotatable bonds is 2. The van der Waals surface area contributed by atoms with E-state index in [0.29, 0.717) is 0 Å². The molecule has 0 radical (unpaired) electrons. The van der Waals surface area contributed by atoms with E-state index >= 15 is 0 Å². The molecule has 0 bridgehead atoms. The second kappa shape index (κ2) is 4.00. The number of benzene rings is 1. The number of hydrogen-bond acceptors (Lipinski definition) is 1. The van der Waals surface area contributed by atoms with Crippen molar-refractivity contribution in [1.82, 2.24) is 0 Å². The third kappa shape index (κ3) is 2.07. The Labute approximate surface area is 83.5 Å². The predicted octanol–water partition coefficient (Wildman–Crippen LogP) is 3.62. The second-order valence-corrected chi connectivity index (χ2v) is 3.13. The van der Waals surface area contributed by atoms with Crippen LogP contribution in [0.25, 0.3) is 0 Å². The summed E-state index contributed by atoms with van der Waals surface area (Å²) < 4.78 is 37.6. The molecule has 0 aliphatic rings. The molecule has 0 heterocycles. The van der Waals surface area contributed by atoms with Crippen LogP contribution in [-0.2, 0) is 0 Å². The summed E-state index contributed by atoms with van der Waals surface area (Å²) in [6.45, 7) is 1.09. The number of hydrogen-bond donors (Lipinski definition) is 0. The maximum Gasteiger partial charge on any atom is 0.263 e. The number of Topliss-reactive ketones (excluding diaryl/α,β-unsaturated/α-hetero) is 1. The predicted molar refractivity (Wildman–Crippen MR) is 46.4 cm³/mol. The molecule has 0 fully saturated rings. The normalized spacial score (nSPS) is 10.7. The van der Waals surface area contributed by atoms with Crippen molar-refractivity contribution in [3.8, 4) is 0 Å². The van der Waals surface area contributed by atoms with Crippen molar-refractivity contribution in [2.45, 2.75) is 13.3 Å². The molecule has 1 aromatic carbocycles. The van der Waals surface area contributed by atoms with Crippen LogP contribution in [0.4, 0.5) is 13.2 Å². The summed E-state index contributed by atoms with van der Waals surface area (Å²) in [6, 6.07) is 1.63. The first kappa shape index (κ1) is 11.0. The summed E-state index contributed by atoms with van der Waals surface area (Å²) in [5.41, 5.74) is -0.866. The topological polar surface area (TPSA) is 17.1 Å². The van der Waals surface area contributed by atoms with Gasteiger partial charge in [0.2, 0.25) is 0 Å². The number of carbonyl (C=O) groups excluding carboxylic acids is 1. The Morgan fingerprint density at radius 1 is 1.43 bits per heavy atom. The molecule has 0 aliphatic carbocycles. The van der Waals surface area contributed by atoms with Gasteiger partial charge < -0.3 is 0 Å². The number of ketones is 1. The lowest BCUT2D eigenvalue weighted by Crippen LogP contribution is -2.00. The van der Waals surface area contributed by atoms with Crippen LogP contribution in [0.5, 0.6) is 0 Å². The van der Waals surface area contributed by atoms with Gasteiger partial charge in [-0.25, -0.2) is 13.2 Å². The van der Waals surface area contributed by atoms with Crippen LogP contribution in [0.15, 0.2) is 12.1 Å². The van der Waals surface area contributed by atoms with Gasteiger partial charge in [0.25, 0.3) is 6.43 Å².